The van der Waals surface area contributed by atoms with Gasteiger partial charge in [0, 0.05) is 11.5 Å². The molecular weight excluding hydrogens is 192 g/mol. The molecule has 0 bridgehead atoms. The number of hydrogen-bond acceptors (Lipinski definition) is 2. The average molecular weight is 210 g/mol. The molecule has 78 valence electrons. The highest BCUT2D eigenvalue weighted by molar-refractivity contribution is 7.99. The van der Waals surface area contributed by atoms with Gasteiger partial charge in [0.05, 0.1) is 0 Å². The van der Waals surface area contributed by atoms with Gasteiger partial charge in [0.25, 0.3) is 0 Å². The van der Waals surface area contributed by atoms with E-state index in [1.807, 2.05) is 11.8 Å². The van der Waals surface area contributed by atoms with Gasteiger partial charge in [-0.2, -0.15) is 0 Å². The van der Waals surface area contributed by atoms with Crippen molar-refractivity contribution in [1.82, 2.24) is 0 Å². The van der Waals surface area contributed by atoms with E-state index in [1.165, 1.54) is 16.9 Å². The molecule has 14 heavy (non-hydrogen) atoms. The minimum Gasteiger partial charge on any atom is -0.396 e. The maximum Gasteiger partial charge on any atom is 0.0431 e. The second kappa shape index (κ2) is 6.91. The lowest BCUT2D eigenvalue weighted by Crippen LogP contribution is -1.85. The zero-order valence-corrected chi connectivity index (χ0v) is 9.52. The normalized spacial score (nSPS) is 10.4. The summed E-state index contributed by atoms with van der Waals surface area (Å²) in [5.74, 6) is 1.16. The number of hydrogen-bond donors (Lipinski definition) is 1. The van der Waals surface area contributed by atoms with Crippen molar-refractivity contribution in [3.8, 4) is 0 Å². The van der Waals surface area contributed by atoms with Crippen molar-refractivity contribution in [1.29, 1.82) is 0 Å². The first-order valence-electron chi connectivity index (χ1n) is 5.13. The lowest BCUT2D eigenvalue weighted by atomic mass is 10.2. The van der Waals surface area contributed by atoms with Gasteiger partial charge in [-0.1, -0.05) is 24.1 Å². The Morgan fingerprint density at radius 1 is 1.07 bits per heavy atom. The number of thioether (sulfide) groups is 1. The summed E-state index contributed by atoms with van der Waals surface area (Å²) >= 11 is 1.90. The van der Waals surface area contributed by atoms with Crippen molar-refractivity contribution in [3.63, 3.8) is 0 Å². The molecule has 0 heterocycles. The highest BCUT2D eigenvalue weighted by Crippen LogP contribution is 2.19. The first kappa shape index (κ1) is 11.6. The molecule has 0 aliphatic rings. The zero-order chi connectivity index (χ0) is 10.2. The van der Waals surface area contributed by atoms with Gasteiger partial charge in [0.15, 0.2) is 0 Å². The van der Waals surface area contributed by atoms with Crippen LogP contribution >= 0.6 is 11.8 Å². The minimum atomic E-state index is 0.329. The van der Waals surface area contributed by atoms with Crippen LogP contribution in [0.1, 0.15) is 24.8 Å². The molecule has 2 heteroatoms. The Bertz CT molecular complexity index is 243. The summed E-state index contributed by atoms with van der Waals surface area (Å²) in [7, 11) is 0. The van der Waals surface area contributed by atoms with E-state index in [2.05, 4.69) is 31.2 Å². The Balaban J connectivity index is 2.15. The second-order valence-electron chi connectivity index (χ2n) is 3.45. The third kappa shape index (κ3) is 4.68. The molecule has 0 aliphatic carbocycles. The van der Waals surface area contributed by atoms with Crippen molar-refractivity contribution in [2.24, 2.45) is 0 Å². The van der Waals surface area contributed by atoms with Crippen molar-refractivity contribution in [2.75, 3.05) is 12.4 Å². The average Bonchev–Trinajstić information content (AvgIpc) is 2.21. The van der Waals surface area contributed by atoms with E-state index in [-0.39, 0.29) is 0 Å². The van der Waals surface area contributed by atoms with Crippen molar-refractivity contribution in [2.45, 2.75) is 31.1 Å². The third-order valence-electron chi connectivity index (χ3n) is 2.09. The summed E-state index contributed by atoms with van der Waals surface area (Å²) in [5, 5.41) is 8.61. The molecule has 1 N–H and O–H groups in total. The van der Waals surface area contributed by atoms with Gasteiger partial charge in [-0.05, 0) is 37.7 Å². The van der Waals surface area contributed by atoms with Gasteiger partial charge in [0.2, 0.25) is 0 Å². The van der Waals surface area contributed by atoms with Crippen LogP contribution in [0.5, 0.6) is 0 Å². The Kier molecular flexibility index (Phi) is 5.72. The summed E-state index contributed by atoms with van der Waals surface area (Å²) in [5.41, 5.74) is 1.31. The largest absolute Gasteiger partial charge is 0.396 e. The fraction of sp³-hybridized carbons (Fsp3) is 0.500. The molecule has 0 aliphatic heterocycles. The maximum atomic E-state index is 8.61. The monoisotopic (exact) mass is 210 g/mol. The van der Waals surface area contributed by atoms with Crippen LogP contribution < -0.4 is 0 Å². The molecule has 0 saturated carbocycles. The quantitative estimate of drug-likeness (QED) is 0.574. The smallest absolute Gasteiger partial charge is 0.0431 e. The highest BCUT2D eigenvalue weighted by atomic mass is 32.2. The Labute approximate surface area is 90.5 Å². The molecule has 1 nitrogen and oxygen atoms in total. The minimum absolute atomic E-state index is 0.329. The van der Waals surface area contributed by atoms with Crippen LogP contribution in [0.4, 0.5) is 0 Å². The predicted octanol–water partition coefficient (Wildman–Crippen LogP) is 3.25. The molecule has 0 unspecified atom stereocenters. The van der Waals surface area contributed by atoms with Crippen LogP contribution in [-0.2, 0) is 0 Å². The first-order valence-corrected chi connectivity index (χ1v) is 6.12. The molecule has 1 aromatic carbocycles. The molecule has 1 aromatic rings. The van der Waals surface area contributed by atoms with E-state index < -0.39 is 0 Å². The van der Waals surface area contributed by atoms with Crippen LogP contribution in [0.2, 0.25) is 0 Å². The van der Waals surface area contributed by atoms with E-state index in [0.717, 1.165) is 18.6 Å². The number of unbranched alkanes of at least 4 members (excludes halogenated alkanes) is 2. The summed E-state index contributed by atoms with van der Waals surface area (Å²) in [6, 6.07) is 8.64. The van der Waals surface area contributed by atoms with E-state index in [9.17, 15) is 0 Å². The number of aryl methyl sites for hydroxylation is 1. The number of rotatable bonds is 6. The Hall–Kier alpha value is -0.470. The van der Waals surface area contributed by atoms with Crippen LogP contribution in [0.25, 0.3) is 0 Å². The lowest BCUT2D eigenvalue weighted by molar-refractivity contribution is 0.284. The van der Waals surface area contributed by atoms with Gasteiger partial charge < -0.3 is 5.11 Å². The Morgan fingerprint density at radius 3 is 2.43 bits per heavy atom. The van der Waals surface area contributed by atoms with Crippen LogP contribution in [0.15, 0.2) is 29.2 Å². The van der Waals surface area contributed by atoms with Crippen molar-refractivity contribution in [3.05, 3.63) is 29.8 Å². The lowest BCUT2D eigenvalue weighted by Gasteiger charge is -2.01. The number of aliphatic hydroxyl groups excluding tert-OH is 1. The molecular formula is C12H18OS. The van der Waals surface area contributed by atoms with Crippen LogP contribution in [-0.4, -0.2) is 17.5 Å². The fourth-order valence-corrected chi connectivity index (χ4v) is 2.13. The maximum absolute atomic E-state index is 8.61. The van der Waals surface area contributed by atoms with Crippen molar-refractivity contribution < 1.29 is 5.11 Å². The molecule has 1 rings (SSSR count). The fourth-order valence-electron chi connectivity index (χ4n) is 1.22. The van der Waals surface area contributed by atoms with Gasteiger partial charge >= 0.3 is 0 Å². The summed E-state index contributed by atoms with van der Waals surface area (Å²) in [6.07, 6.45) is 3.27. The van der Waals surface area contributed by atoms with Crippen LogP contribution in [0.3, 0.4) is 0 Å². The van der Waals surface area contributed by atoms with E-state index >= 15 is 0 Å². The molecule has 0 spiro atoms. The topological polar surface area (TPSA) is 20.2 Å². The third-order valence-corrected chi connectivity index (χ3v) is 3.19. The van der Waals surface area contributed by atoms with E-state index in [4.69, 9.17) is 5.11 Å². The molecule has 0 saturated heterocycles. The van der Waals surface area contributed by atoms with Gasteiger partial charge in [-0.15, -0.1) is 11.8 Å². The second-order valence-corrected chi connectivity index (χ2v) is 4.61. The molecule has 0 amide bonds. The van der Waals surface area contributed by atoms with Crippen molar-refractivity contribution >= 4 is 11.8 Å². The van der Waals surface area contributed by atoms with Gasteiger partial charge in [-0.3, -0.25) is 0 Å². The predicted molar refractivity (Wildman–Crippen MR) is 62.8 cm³/mol. The van der Waals surface area contributed by atoms with Gasteiger partial charge in [0.1, 0.15) is 0 Å². The first-order chi connectivity index (χ1) is 6.83. The van der Waals surface area contributed by atoms with Crippen LogP contribution in [0, 0.1) is 6.92 Å². The highest BCUT2D eigenvalue weighted by Gasteiger charge is 1.93. The summed E-state index contributed by atoms with van der Waals surface area (Å²) < 4.78 is 0. The van der Waals surface area contributed by atoms with E-state index in [1.54, 1.807) is 0 Å². The summed E-state index contributed by atoms with van der Waals surface area (Å²) in [4.78, 5) is 1.35. The molecule has 0 aromatic heterocycles. The molecule has 0 atom stereocenters. The van der Waals surface area contributed by atoms with E-state index in [0.29, 0.717) is 6.61 Å². The Morgan fingerprint density at radius 2 is 1.79 bits per heavy atom. The SMILES string of the molecule is Cc1ccc(SCCCCCO)cc1. The number of benzene rings is 1. The summed E-state index contributed by atoms with van der Waals surface area (Å²) in [6.45, 7) is 2.44. The number of aliphatic hydroxyl groups is 1. The molecule has 0 fully saturated rings. The van der Waals surface area contributed by atoms with Gasteiger partial charge in [-0.25, -0.2) is 0 Å². The zero-order valence-electron chi connectivity index (χ0n) is 8.70. The molecule has 0 radical (unpaired) electrons. The standard InChI is InChI=1S/C12H18OS/c1-11-5-7-12(8-6-11)14-10-4-2-3-9-13/h5-8,13H,2-4,9-10H2,1H3.